The van der Waals surface area contributed by atoms with E-state index in [2.05, 4.69) is 24.1 Å². The highest BCUT2D eigenvalue weighted by molar-refractivity contribution is 5.75. The predicted molar refractivity (Wildman–Crippen MR) is 95.3 cm³/mol. The third-order valence-corrected chi connectivity index (χ3v) is 4.95. The highest BCUT2D eigenvalue weighted by atomic mass is 19.1. The number of carbonyl (C=O) groups excluding carboxylic acids is 1. The Balaban J connectivity index is 1.39. The Kier molecular flexibility index (Phi) is 5.78. The molecule has 0 bridgehead atoms. The summed E-state index contributed by atoms with van der Waals surface area (Å²) < 4.78 is 18.5. The third kappa shape index (κ3) is 5.08. The van der Waals surface area contributed by atoms with Gasteiger partial charge in [-0.1, -0.05) is 0 Å². The van der Waals surface area contributed by atoms with Crippen molar-refractivity contribution in [3.8, 4) is 5.75 Å². The summed E-state index contributed by atoms with van der Waals surface area (Å²) in [7, 11) is 0. The maximum Gasteiger partial charge on any atom is 0.317 e. The molecule has 2 fully saturated rings. The van der Waals surface area contributed by atoms with E-state index in [0.29, 0.717) is 24.4 Å². The van der Waals surface area contributed by atoms with Gasteiger partial charge in [0.15, 0.2) is 0 Å². The van der Waals surface area contributed by atoms with Crippen LogP contribution in [0, 0.1) is 5.82 Å². The van der Waals surface area contributed by atoms with Crippen molar-refractivity contribution < 1.29 is 13.9 Å². The van der Waals surface area contributed by atoms with Gasteiger partial charge in [0, 0.05) is 37.8 Å². The lowest BCUT2D eigenvalue weighted by Crippen LogP contribution is -2.60. The lowest BCUT2D eigenvalue weighted by Gasteiger charge is -2.44. The van der Waals surface area contributed by atoms with E-state index in [1.54, 1.807) is 12.1 Å². The SMILES string of the molecule is C[C@@H]1CN(CCCOc2ccc(F)cc2)[C@@H](C)CN1C(=O)NC1CC1. The monoisotopic (exact) mass is 349 g/mol. The first-order chi connectivity index (χ1) is 12.0. The fraction of sp³-hybridized carbons (Fsp3) is 0.632. The standard InChI is InChI=1S/C19H28FN3O2/c1-14-13-23(19(24)21-17-6-7-17)15(2)12-22(14)10-3-11-25-18-8-4-16(20)5-9-18/h4-5,8-9,14-15,17H,3,6-7,10-13H2,1-2H3,(H,21,24)/t14-,15+/m0/s1. The number of nitrogens with zero attached hydrogens (tertiary/aromatic N) is 2. The second-order valence-electron chi connectivity index (χ2n) is 7.23. The topological polar surface area (TPSA) is 44.8 Å². The van der Waals surface area contributed by atoms with E-state index in [-0.39, 0.29) is 17.9 Å². The van der Waals surface area contributed by atoms with Crippen molar-refractivity contribution >= 4 is 6.03 Å². The molecule has 0 unspecified atom stereocenters. The second-order valence-corrected chi connectivity index (χ2v) is 7.23. The molecule has 2 aliphatic rings. The van der Waals surface area contributed by atoms with Crippen LogP contribution >= 0.6 is 0 Å². The zero-order chi connectivity index (χ0) is 17.8. The fourth-order valence-electron chi connectivity index (χ4n) is 3.27. The first-order valence-corrected chi connectivity index (χ1v) is 9.22. The minimum absolute atomic E-state index is 0.0844. The van der Waals surface area contributed by atoms with E-state index in [4.69, 9.17) is 4.74 Å². The minimum Gasteiger partial charge on any atom is -0.494 e. The molecule has 1 aliphatic carbocycles. The number of amides is 2. The number of nitrogens with one attached hydrogen (secondary N) is 1. The van der Waals surface area contributed by atoms with Crippen LogP contribution in [-0.2, 0) is 0 Å². The molecular formula is C19H28FN3O2. The van der Waals surface area contributed by atoms with Crippen LogP contribution in [-0.4, -0.2) is 60.2 Å². The van der Waals surface area contributed by atoms with E-state index < -0.39 is 0 Å². The number of hydrogen-bond donors (Lipinski definition) is 1. The van der Waals surface area contributed by atoms with Gasteiger partial charge >= 0.3 is 6.03 Å². The van der Waals surface area contributed by atoms with Gasteiger partial charge in [-0.25, -0.2) is 9.18 Å². The second kappa shape index (κ2) is 8.04. The van der Waals surface area contributed by atoms with Gasteiger partial charge in [0.2, 0.25) is 0 Å². The molecule has 0 aromatic heterocycles. The van der Waals surface area contributed by atoms with E-state index in [1.165, 1.54) is 12.1 Å². The number of piperazine rings is 1. The van der Waals surface area contributed by atoms with E-state index in [1.807, 2.05) is 4.90 Å². The molecule has 1 aliphatic heterocycles. The molecule has 1 heterocycles. The molecule has 1 saturated heterocycles. The lowest BCUT2D eigenvalue weighted by atomic mass is 10.1. The van der Waals surface area contributed by atoms with Crippen molar-refractivity contribution in [2.45, 2.75) is 51.2 Å². The Hall–Kier alpha value is -1.82. The number of halogens is 1. The molecule has 138 valence electrons. The molecule has 1 saturated carbocycles. The largest absolute Gasteiger partial charge is 0.494 e. The molecule has 1 aromatic rings. The highest BCUT2D eigenvalue weighted by Crippen LogP contribution is 2.21. The van der Waals surface area contributed by atoms with Crippen LogP contribution in [0.2, 0.25) is 0 Å². The zero-order valence-electron chi connectivity index (χ0n) is 15.1. The van der Waals surface area contributed by atoms with Gasteiger partial charge < -0.3 is 15.0 Å². The van der Waals surface area contributed by atoms with Gasteiger partial charge in [-0.3, -0.25) is 4.90 Å². The summed E-state index contributed by atoms with van der Waals surface area (Å²) >= 11 is 0. The molecule has 0 radical (unpaired) electrons. The average Bonchev–Trinajstić information content (AvgIpc) is 3.39. The van der Waals surface area contributed by atoms with Gasteiger partial charge in [0.1, 0.15) is 11.6 Å². The first-order valence-electron chi connectivity index (χ1n) is 9.22. The Bertz CT molecular complexity index is 577. The fourth-order valence-corrected chi connectivity index (χ4v) is 3.27. The van der Waals surface area contributed by atoms with Crippen LogP contribution in [0.15, 0.2) is 24.3 Å². The lowest BCUT2D eigenvalue weighted by molar-refractivity contribution is 0.0597. The van der Waals surface area contributed by atoms with Crippen LogP contribution in [0.4, 0.5) is 9.18 Å². The molecule has 2 atom stereocenters. The van der Waals surface area contributed by atoms with Gasteiger partial charge in [0.05, 0.1) is 6.61 Å². The Labute approximate surface area is 149 Å². The summed E-state index contributed by atoms with van der Waals surface area (Å²) in [6.45, 7) is 7.47. The molecule has 1 aromatic carbocycles. The predicted octanol–water partition coefficient (Wildman–Crippen LogP) is 2.86. The summed E-state index contributed by atoms with van der Waals surface area (Å²) in [6.07, 6.45) is 3.14. The Morgan fingerprint density at radius 2 is 1.92 bits per heavy atom. The molecule has 2 amide bonds. The van der Waals surface area contributed by atoms with Crippen LogP contribution in [0.5, 0.6) is 5.75 Å². The quantitative estimate of drug-likeness (QED) is 0.803. The van der Waals surface area contributed by atoms with Crippen LogP contribution in [0.1, 0.15) is 33.1 Å². The van der Waals surface area contributed by atoms with Gasteiger partial charge in [0.25, 0.3) is 0 Å². The van der Waals surface area contributed by atoms with Gasteiger partial charge in [-0.15, -0.1) is 0 Å². The normalized spacial score (nSPS) is 24.2. The maximum atomic E-state index is 12.9. The molecule has 3 rings (SSSR count). The first kappa shape index (κ1) is 18.0. The van der Waals surface area contributed by atoms with Crippen molar-refractivity contribution in [2.75, 3.05) is 26.2 Å². The summed E-state index contributed by atoms with van der Waals surface area (Å²) in [5.41, 5.74) is 0. The van der Waals surface area contributed by atoms with Crippen LogP contribution in [0.3, 0.4) is 0 Å². The molecular weight excluding hydrogens is 321 g/mol. The highest BCUT2D eigenvalue weighted by Gasteiger charge is 2.33. The van der Waals surface area contributed by atoms with Gasteiger partial charge in [-0.05, 0) is 57.4 Å². The summed E-state index contributed by atoms with van der Waals surface area (Å²) in [5.74, 6) is 0.447. The van der Waals surface area contributed by atoms with Crippen molar-refractivity contribution in [1.82, 2.24) is 15.1 Å². The molecule has 6 heteroatoms. The number of hydrogen-bond acceptors (Lipinski definition) is 3. The molecule has 5 nitrogen and oxygen atoms in total. The molecule has 25 heavy (non-hydrogen) atoms. The maximum absolute atomic E-state index is 12.9. The number of rotatable bonds is 6. The summed E-state index contributed by atoms with van der Waals surface area (Å²) in [5, 5.41) is 3.09. The van der Waals surface area contributed by atoms with E-state index in [0.717, 1.165) is 38.9 Å². The van der Waals surface area contributed by atoms with Crippen molar-refractivity contribution in [1.29, 1.82) is 0 Å². The Morgan fingerprint density at radius 1 is 1.20 bits per heavy atom. The van der Waals surface area contributed by atoms with Crippen LogP contribution < -0.4 is 10.1 Å². The number of ether oxygens (including phenoxy) is 1. The van der Waals surface area contributed by atoms with E-state index >= 15 is 0 Å². The van der Waals surface area contributed by atoms with Crippen LogP contribution in [0.25, 0.3) is 0 Å². The molecule has 1 N–H and O–H groups in total. The zero-order valence-corrected chi connectivity index (χ0v) is 15.1. The Morgan fingerprint density at radius 3 is 2.60 bits per heavy atom. The van der Waals surface area contributed by atoms with Crippen molar-refractivity contribution in [3.05, 3.63) is 30.1 Å². The summed E-state index contributed by atoms with van der Waals surface area (Å²) in [4.78, 5) is 16.7. The summed E-state index contributed by atoms with van der Waals surface area (Å²) in [6, 6.07) is 7.16. The smallest absolute Gasteiger partial charge is 0.317 e. The number of benzene rings is 1. The van der Waals surface area contributed by atoms with Crippen molar-refractivity contribution in [3.63, 3.8) is 0 Å². The number of urea groups is 1. The van der Waals surface area contributed by atoms with Crippen molar-refractivity contribution in [2.24, 2.45) is 0 Å². The number of carbonyl (C=O) groups is 1. The minimum atomic E-state index is -0.251. The van der Waals surface area contributed by atoms with E-state index in [9.17, 15) is 9.18 Å². The van der Waals surface area contributed by atoms with Gasteiger partial charge in [-0.2, -0.15) is 0 Å². The molecule has 0 spiro atoms. The third-order valence-electron chi connectivity index (χ3n) is 4.95. The average molecular weight is 349 g/mol.